The quantitative estimate of drug-likeness (QED) is 0.636. The fraction of sp³-hybridized carbons (Fsp3) is 0.143. The summed E-state index contributed by atoms with van der Waals surface area (Å²) in [7, 11) is 0. The van der Waals surface area contributed by atoms with Crippen molar-refractivity contribution in [3.63, 3.8) is 0 Å². The molecule has 0 saturated carbocycles. The van der Waals surface area contributed by atoms with Gasteiger partial charge >= 0.3 is 0 Å². The van der Waals surface area contributed by atoms with Crippen LogP contribution in [0.1, 0.15) is 16.7 Å². The van der Waals surface area contributed by atoms with Crippen LogP contribution in [0.3, 0.4) is 0 Å². The second-order valence-corrected chi connectivity index (χ2v) is 5.82. The van der Waals surface area contributed by atoms with E-state index in [0.717, 1.165) is 18.0 Å². The molecule has 3 aromatic carbocycles. The van der Waals surface area contributed by atoms with Gasteiger partial charge in [-0.1, -0.05) is 42.0 Å². The predicted octanol–water partition coefficient (Wildman–Crippen LogP) is 4.89. The average Bonchev–Trinajstić information content (AvgIpc) is 2.62. The zero-order valence-corrected chi connectivity index (χ0v) is 13.7. The Balaban J connectivity index is 1.51. The molecule has 2 N–H and O–H groups in total. The first kappa shape index (κ1) is 15.9. The fourth-order valence-electron chi connectivity index (χ4n) is 2.34. The number of phenols is 1. The van der Waals surface area contributed by atoms with Gasteiger partial charge in [0.05, 0.1) is 0 Å². The first-order valence-corrected chi connectivity index (χ1v) is 7.99. The molecule has 0 spiro atoms. The third-order valence-corrected chi connectivity index (χ3v) is 3.81. The van der Waals surface area contributed by atoms with Crippen LogP contribution in [0.5, 0.6) is 11.5 Å². The molecule has 0 radical (unpaired) electrons. The summed E-state index contributed by atoms with van der Waals surface area (Å²) in [6.45, 7) is 3.38. The van der Waals surface area contributed by atoms with Gasteiger partial charge in [-0.05, 0) is 54.4 Å². The number of phenolic OH excluding ortho intramolecular Hbond substituents is 1. The second-order valence-electron chi connectivity index (χ2n) is 5.82. The maximum atomic E-state index is 9.28. The standard InChI is InChI=1S/C21H21NO2/c1-16-2-4-18(5-3-16)15-24-21-12-6-17(7-13-21)14-22-19-8-10-20(23)11-9-19/h2-13,22-23H,14-15H2,1H3. The van der Waals surface area contributed by atoms with E-state index >= 15 is 0 Å². The lowest BCUT2D eigenvalue weighted by atomic mass is 10.2. The predicted molar refractivity (Wildman–Crippen MR) is 97.4 cm³/mol. The van der Waals surface area contributed by atoms with Crippen LogP contribution in [0.2, 0.25) is 0 Å². The van der Waals surface area contributed by atoms with Crippen molar-refractivity contribution in [1.29, 1.82) is 0 Å². The minimum Gasteiger partial charge on any atom is -0.508 e. The van der Waals surface area contributed by atoms with Crippen molar-refractivity contribution in [3.05, 3.63) is 89.5 Å². The lowest BCUT2D eigenvalue weighted by Crippen LogP contribution is -1.99. The van der Waals surface area contributed by atoms with Crippen molar-refractivity contribution in [2.45, 2.75) is 20.1 Å². The molecule has 0 aliphatic carbocycles. The van der Waals surface area contributed by atoms with Crippen LogP contribution in [0.25, 0.3) is 0 Å². The van der Waals surface area contributed by atoms with Crippen LogP contribution in [-0.2, 0) is 13.2 Å². The Kier molecular flexibility index (Phi) is 5.02. The fourth-order valence-corrected chi connectivity index (χ4v) is 2.34. The Morgan fingerprint density at radius 3 is 2.08 bits per heavy atom. The summed E-state index contributed by atoms with van der Waals surface area (Å²) >= 11 is 0. The molecule has 0 bridgehead atoms. The van der Waals surface area contributed by atoms with Gasteiger partial charge in [-0.15, -0.1) is 0 Å². The number of hydrogen-bond donors (Lipinski definition) is 2. The SMILES string of the molecule is Cc1ccc(COc2ccc(CNc3ccc(O)cc3)cc2)cc1. The van der Waals surface area contributed by atoms with Gasteiger partial charge in [0.2, 0.25) is 0 Å². The lowest BCUT2D eigenvalue weighted by Gasteiger charge is -2.09. The van der Waals surface area contributed by atoms with Crippen molar-refractivity contribution < 1.29 is 9.84 Å². The summed E-state index contributed by atoms with van der Waals surface area (Å²) in [5.74, 6) is 1.14. The molecule has 0 heterocycles. The number of aromatic hydroxyl groups is 1. The first-order chi connectivity index (χ1) is 11.7. The Morgan fingerprint density at radius 2 is 1.42 bits per heavy atom. The van der Waals surface area contributed by atoms with Crippen molar-refractivity contribution >= 4 is 5.69 Å². The molecule has 0 aliphatic rings. The molecule has 3 nitrogen and oxygen atoms in total. The molecule has 3 rings (SSSR count). The summed E-state index contributed by atoms with van der Waals surface area (Å²) in [5, 5.41) is 12.6. The molecule has 0 saturated heterocycles. The molecule has 24 heavy (non-hydrogen) atoms. The Labute approximate surface area is 142 Å². The third-order valence-electron chi connectivity index (χ3n) is 3.81. The number of rotatable bonds is 6. The molecule has 0 atom stereocenters. The van der Waals surface area contributed by atoms with Crippen molar-refractivity contribution in [2.75, 3.05) is 5.32 Å². The maximum Gasteiger partial charge on any atom is 0.119 e. The summed E-state index contributed by atoms with van der Waals surface area (Å²) in [6.07, 6.45) is 0. The smallest absolute Gasteiger partial charge is 0.119 e. The number of nitrogens with one attached hydrogen (secondary N) is 1. The van der Waals surface area contributed by atoms with Gasteiger partial charge in [-0.3, -0.25) is 0 Å². The zero-order chi connectivity index (χ0) is 16.8. The van der Waals surface area contributed by atoms with Crippen LogP contribution in [0.4, 0.5) is 5.69 Å². The molecular weight excluding hydrogens is 298 g/mol. The van der Waals surface area contributed by atoms with E-state index in [1.807, 2.05) is 24.3 Å². The van der Waals surface area contributed by atoms with E-state index in [0.29, 0.717) is 6.61 Å². The Hall–Kier alpha value is -2.94. The average molecular weight is 319 g/mol. The molecule has 0 aromatic heterocycles. The maximum absolute atomic E-state index is 9.28. The molecule has 0 aliphatic heterocycles. The molecular formula is C21H21NO2. The number of hydrogen-bond acceptors (Lipinski definition) is 3. The van der Waals surface area contributed by atoms with Gasteiger partial charge in [-0.25, -0.2) is 0 Å². The van der Waals surface area contributed by atoms with Crippen LogP contribution in [-0.4, -0.2) is 5.11 Å². The van der Waals surface area contributed by atoms with Gasteiger partial charge in [0.15, 0.2) is 0 Å². The highest BCUT2D eigenvalue weighted by Crippen LogP contribution is 2.17. The van der Waals surface area contributed by atoms with E-state index in [2.05, 4.69) is 48.6 Å². The third kappa shape index (κ3) is 4.53. The number of benzene rings is 3. The number of anilines is 1. The summed E-state index contributed by atoms with van der Waals surface area (Å²) < 4.78 is 5.81. The van der Waals surface area contributed by atoms with E-state index in [4.69, 9.17) is 4.74 Å². The first-order valence-electron chi connectivity index (χ1n) is 7.99. The van der Waals surface area contributed by atoms with E-state index in [-0.39, 0.29) is 5.75 Å². The van der Waals surface area contributed by atoms with Gasteiger partial charge in [-0.2, -0.15) is 0 Å². The molecule has 122 valence electrons. The highest BCUT2D eigenvalue weighted by atomic mass is 16.5. The minimum absolute atomic E-state index is 0.274. The number of aryl methyl sites for hydroxylation is 1. The Bertz CT molecular complexity index is 694. The van der Waals surface area contributed by atoms with E-state index < -0.39 is 0 Å². The largest absolute Gasteiger partial charge is 0.508 e. The summed E-state index contributed by atoms with van der Waals surface area (Å²) in [6, 6.07) is 23.5. The van der Waals surface area contributed by atoms with E-state index in [1.54, 1.807) is 12.1 Å². The van der Waals surface area contributed by atoms with Gasteiger partial charge < -0.3 is 15.2 Å². The minimum atomic E-state index is 0.274. The molecule has 3 heteroatoms. The summed E-state index contributed by atoms with van der Waals surface area (Å²) in [5.41, 5.74) is 4.57. The highest BCUT2D eigenvalue weighted by Gasteiger charge is 1.98. The van der Waals surface area contributed by atoms with E-state index in [1.165, 1.54) is 16.7 Å². The monoisotopic (exact) mass is 319 g/mol. The molecule has 3 aromatic rings. The van der Waals surface area contributed by atoms with Gasteiger partial charge in [0.1, 0.15) is 18.1 Å². The topological polar surface area (TPSA) is 41.5 Å². The van der Waals surface area contributed by atoms with Gasteiger partial charge in [0, 0.05) is 12.2 Å². The van der Waals surface area contributed by atoms with Crippen molar-refractivity contribution in [2.24, 2.45) is 0 Å². The van der Waals surface area contributed by atoms with Crippen LogP contribution in [0, 0.1) is 6.92 Å². The highest BCUT2D eigenvalue weighted by molar-refractivity contribution is 5.46. The second kappa shape index (κ2) is 7.55. The lowest BCUT2D eigenvalue weighted by molar-refractivity contribution is 0.306. The molecule has 0 fully saturated rings. The van der Waals surface area contributed by atoms with Crippen molar-refractivity contribution in [1.82, 2.24) is 0 Å². The van der Waals surface area contributed by atoms with Crippen LogP contribution >= 0.6 is 0 Å². The van der Waals surface area contributed by atoms with Crippen LogP contribution < -0.4 is 10.1 Å². The number of ether oxygens (including phenoxy) is 1. The summed E-state index contributed by atoms with van der Waals surface area (Å²) in [4.78, 5) is 0. The zero-order valence-electron chi connectivity index (χ0n) is 13.7. The molecule has 0 amide bonds. The Morgan fingerprint density at radius 1 is 0.792 bits per heavy atom. The molecule has 0 unspecified atom stereocenters. The van der Waals surface area contributed by atoms with Crippen LogP contribution in [0.15, 0.2) is 72.8 Å². The van der Waals surface area contributed by atoms with E-state index in [9.17, 15) is 5.11 Å². The normalized spacial score (nSPS) is 10.4. The van der Waals surface area contributed by atoms with Crippen molar-refractivity contribution in [3.8, 4) is 11.5 Å². The van der Waals surface area contributed by atoms with Gasteiger partial charge in [0.25, 0.3) is 0 Å².